The molecule has 0 aliphatic heterocycles. The number of carbonyl (C=O) groups is 2. The minimum Gasteiger partial charge on any atom is -0.375 e. The van der Waals surface area contributed by atoms with Gasteiger partial charge in [0.05, 0.1) is 17.6 Å². The molecule has 0 atom stereocenters. The largest absolute Gasteiger partial charge is 0.375 e. The number of anilines is 1. The lowest BCUT2D eigenvalue weighted by Gasteiger charge is -2.11. The number of nitrogens with zero attached hydrogens (tertiary/aromatic N) is 2. The highest BCUT2D eigenvalue weighted by atomic mass is 16.5. The molecule has 0 aliphatic rings. The van der Waals surface area contributed by atoms with Crippen molar-refractivity contribution in [3.05, 3.63) is 60.4 Å². The first-order valence-electron chi connectivity index (χ1n) is 8.22. The van der Waals surface area contributed by atoms with Crippen molar-refractivity contribution in [3.63, 3.8) is 0 Å². The summed E-state index contributed by atoms with van der Waals surface area (Å²) in [7, 11) is 1.46. The van der Waals surface area contributed by atoms with E-state index in [0.29, 0.717) is 5.82 Å². The average molecular weight is 352 g/mol. The SMILES string of the molecule is COCC(=O)NCc1nc2ccccc2n1CC(=O)Nc1ccccc1. The Morgan fingerprint density at radius 2 is 1.77 bits per heavy atom. The minimum atomic E-state index is -0.236. The van der Waals surface area contributed by atoms with Crippen LogP contribution in [-0.2, 0) is 27.4 Å². The molecule has 0 radical (unpaired) electrons. The van der Waals surface area contributed by atoms with Crippen LogP contribution < -0.4 is 10.6 Å². The lowest BCUT2D eigenvalue weighted by Crippen LogP contribution is -2.29. The summed E-state index contributed by atoms with van der Waals surface area (Å²) in [6.45, 7) is 0.301. The fourth-order valence-corrected chi connectivity index (χ4v) is 2.66. The smallest absolute Gasteiger partial charge is 0.246 e. The van der Waals surface area contributed by atoms with Crippen molar-refractivity contribution >= 4 is 28.5 Å². The third kappa shape index (κ3) is 4.25. The molecule has 0 saturated heterocycles. The summed E-state index contributed by atoms with van der Waals surface area (Å²) in [6.07, 6.45) is 0. The highest BCUT2D eigenvalue weighted by molar-refractivity contribution is 5.91. The summed E-state index contributed by atoms with van der Waals surface area (Å²) in [6, 6.07) is 16.8. The molecule has 0 bridgehead atoms. The molecule has 3 rings (SSSR count). The Morgan fingerprint density at radius 3 is 2.54 bits per heavy atom. The fourth-order valence-electron chi connectivity index (χ4n) is 2.66. The van der Waals surface area contributed by atoms with E-state index in [1.54, 1.807) is 4.57 Å². The van der Waals surface area contributed by atoms with E-state index >= 15 is 0 Å². The average Bonchev–Trinajstić information content (AvgIpc) is 2.99. The number of hydrogen-bond acceptors (Lipinski definition) is 4. The van der Waals surface area contributed by atoms with Gasteiger partial charge in [0, 0.05) is 12.8 Å². The summed E-state index contributed by atoms with van der Waals surface area (Å²) in [5.74, 6) is 0.211. The quantitative estimate of drug-likeness (QED) is 0.680. The number of ether oxygens (including phenoxy) is 1. The van der Waals surface area contributed by atoms with E-state index in [2.05, 4.69) is 15.6 Å². The minimum absolute atomic E-state index is 0.0191. The first kappa shape index (κ1) is 17.6. The number of hydrogen-bond donors (Lipinski definition) is 2. The van der Waals surface area contributed by atoms with E-state index in [9.17, 15) is 9.59 Å². The maximum atomic E-state index is 12.4. The van der Waals surface area contributed by atoms with E-state index in [-0.39, 0.29) is 31.5 Å². The number of rotatable bonds is 7. The molecule has 3 aromatic rings. The second-order valence-electron chi connectivity index (χ2n) is 5.73. The topological polar surface area (TPSA) is 85.2 Å². The standard InChI is InChI=1S/C19H20N4O3/c1-26-13-19(25)20-11-17-22-15-9-5-6-10-16(15)23(17)12-18(24)21-14-7-3-2-4-8-14/h2-10H,11-13H2,1H3,(H,20,25)(H,21,24). The summed E-state index contributed by atoms with van der Waals surface area (Å²) in [4.78, 5) is 28.6. The van der Waals surface area contributed by atoms with Gasteiger partial charge in [-0.15, -0.1) is 0 Å². The third-order valence-corrected chi connectivity index (χ3v) is 3.81. The molecule has 134 valence electrons. The van der Waals surface area contributed by atoms with Crippen LogP contribution in [0.4, 0.5) is 5.69 Å². The summed E-state index contributed by atoms with van der Waals surface area (Å²) >= 11 is 0. The Labute approximate surface area is 151 Å². The van der Waals surface area contributed by atoms with Gasteiger partial charge >= 0.3 is 0 Å². The van der Waals surface area contributed by atoms with E-state index in [0.717, 1.165) is 16.7 Å². The van der Waals surface area contributed by atoms with Crippen LogP contribution in [0.15, 0.2) is 54.6 Å². The molecule has 0 unspecified atom stereocenters. The van der Waals surface area contributed by atoms with Crippen LogP contribution >= 0.6 is 0 Å². The zero-order chi connectivity index (χ0) is 18.4. The predicted octanol–water partition coefficient (Wildman–Crippen LogP) is 1.94. The number of imidazole rings is 1. The first-order chi connectivity index (χ1) is 12.7. The molecule has 2 N–H and O–H groups in total. The number of amides is 2. The monoisotopic (exact) mass is 352 g/mol. The molecule has 2 amide bonds. The number of fused-ring (bicyclic) bond motifs is 1. The third-order valence-electron chi connectivity index (χ3n) is 3.81. The number of carbonyl (C=O) groups excluding carboxylic acids is 2. The molecule has 0 saturated carbocycles. The lowest BCUT2D eigenvalue weighted by atomic mass is 10.3. The van der Waals surface area contributed by atoms with Gasteiger partial charge in [0.25, 0.3) is 0 Å². The van der Waals surface area contributed by atoms with Gasteiger partial charge in [-0.1, -0.05) is 30.3 Å². The van der Waals surface area contributed by atoms with Gasteiger partial charge in [-0.25, -0.2) is 4.98 Å². The molecule has 26 heavy (non-hydrogen) atoms. The van der Waals surface area contributed by atoms with Crippen molar-refractivity contribution in [1.82, 2.24) is 14.9 Å². The molecule has 0 fully saturated rings. The zero-order valence-electron chi connectivity index (χ0n) is 14.4. The van der Waals surface area contributed by atoms with Crippen LogP contribution in [0.1, 0.15) is 5.82 Å². The first-order valence-corrected chi connectivity index (χ1v) is 8.22. The van der Waals surface area contributed by atoms with Gasteiger partial charge in [0.1, 0.15) is 19.0 Å². The number of nitrogens with one attached hydrogen (secondary N) is 2. The lowest BCUT2D eigenvalue weighted by molar-refractivity contribution is -0.124. The molecule has 1 heterocycles. The summed E-state index contributed by atoms with van der Waals surface area (Å²) in [5, 5.41) is 5.61. The highest BCUT2D eigenvalue weighted by Crippen LogP contribution is 2.16. The van der Waals surface area contributed by atoms with Crippen LogP contribution in [-0.4, -0.2) is 35.1 Å². The van der Waals surface area contributed by atoms with Crippen LogP contribution in [0.2, 0.25) is 0 Å². The van der Waals surface area contributed by atoms with E-state index in [1.165, 1.54) is 7.11 Å². The van der Waals surface area contributed by atoms with E-state index < -0.39 is 0 Å². The zero-order valence-corrected chi connectivity index (χ0v) is 14.4. The number of methoxy groups -OCH3 is 1. The second kappa shape index (κ2) is 8.26. The number of benzene rings is 2. The van der Waals surface area contributed by atoms with Gasteiger partial charge < -0.3 is 19.9 Å². The molecule has 0 aliphatic carbocycles. The Hall–Kier alpha value is -3.19. The van der Waals surface area contributed by atoms with Crippen molar-refractivity contribution in [2.45, 2.75) is 13.1 Å². The molecule has 1 aromatic heterocycles. The Bertz CT molecular complexity index is 906. The fraction of sp³-hybridized carbons (Fsp3) is 0.211. The normalized spacial score (nSPS) is 10.7. The Morgan fingerprint density at radius 1 is 1.04 bits per heavy atom. The number of para-hydroxylation sites is 3. The molecule has 7 nitrogen and oxygen atoms in total. The summed E-state index contributed by atoms with van der Waals surface area (Å²) < 4.78 is 6.62. The van der Waals surface area contributed by atoms with Gasteiger partial charge in [0.2, 0.25) is 11.8 Å². The maximum absolute atomic E-state index is 12.4. The maximum Gasteiger partial charge on any atom is 0.246 e. The molecule has 2 aromatic carbocycles. The van der Waals surface area contributed by atoms with Crippen LogP contribution in [0.3, 0.4) is 0 Å². The van der Waals surface area contributed by atoms with Gasteiger partial charge in [-0.2, -0.15) is 0 Å². The molecular weight excluding hydrogens is 332 g/mol. The van der Waals surface area contributed by atoms with Crippen molar-refractivity contribution < 1.29 is 14.3 Å². The van der Waals surface area contributed by atoms with Gasteiger partial charge in [0.15, 0.2) is 0 Å². The van der Waals surface area contributed by atoms with E-state index in [4.69, 9.17) is 4.74 Å². The molecule has 0 spiro atoms. The van der Waals surface area contributed by atoms with Crippen molar-refractivity contribution in [1.29, 1.82) is 0 Å². The van der Waals surface area contributed by atoms with Gasteiger partial charge in [-0.05, 0) is 24.3 Å². The highest BCUT2D eigenvalue weighted by Gasteiger charge is 2.14. The van der Waals surface area contributed by atoms with Crippen molar-refractivity contribution in [3.8, 4) is 0 Å². The van der Waals surface area contributed by atoms with Crippen molar-refractivity contribution in [2.24, 2.45) is 0 Å². The Kier molecular flexibility index (Phi) is 5.60. The second-order valence-corrected chi connectivity index (χ2v) is 5.73. The molecular formula is C19H20N4O3. The van der Waals surface area contributed by atoms with E-state index in [1.807, 2.05) is 54.6 Å². The van der Waals surface area contributed by atoms with Crippen molar-refractivity contribution in [2.75, 3.05) is 19.0 Å². The summed E-state index contributed by atoms with van der Waals surface area (Å²) in [5.41, 5.74) is 2.35. The van der Waals surface area contributed by atoms with Crippen LogP contribution in [0.5, 0.6) is 0 Å². The number of aromatic nitrogens is 2. The Balaban J connectivity index is 1.79. The van der Waals surface area contributed by atoms with Crippen LogP contribution in [0.25, 0.3) is 11.0 Å². The van der Waals surface area contributed by atoms with Gasteiger partial charge in [-0.3, -0.25) is 9.59 Å². The van der Waals surface area contributed by atoms with Crippen LogP contribution in [0, 0.1) is 0 Å². The predicted molar refractivity (Wildman–Crippen MR) is 98.5 cm³/mol. The molecule has 7 heteroatoms.